The number of hydrogen-bond acceptors (Lipinski definition) is 4. The van der Waals surface area contributed by atoms with Gasteiger partial charge in [-0.2, -0.15) is 0 Å². The van der Waals surface area contributed by atoms with E-state index in [-0.39, 0.29) is 24.2 Å². The van der Waals surface area contributed by atoms with Gasteiger partial charge in [0, 0.05) is 24.7 Å². The first-order chi connectivity index (χ1) is 13.7. The van der Waals surface area contributed by atoms with Gasteiger partial charge in [-0.1, -0.05) is 12.1 Å². The molecule has 5 nitrogen and oxygen atoms in total. The fourth-order valence-electron chi connectivity index (χ4n) is 4.76. The highest BCUT2D eigenvalue weighted by atomic mass is 16.7. The molecule has 3 aliphatic rings. The van der Waals surface area contributed by atoms with Crippen molar-refractivity contribution in [3.63, 3.8) is 0 Å². The van der Waals surface area contributed by atoms with Crippen LogP contribution < -0.4 is 5.46 Å². The molecule has 3 aliphatic heterocycles. The Kier molecular flexibility index (Phi) is 5.56. The molecule has 1 aromatic rings. The molecular formula is C23H35BN2O3. The summed E-state index contributed by atoms with van der Waals surface area (Å²) in [7, 11) is -0.390. The lowest BCUT2D eigenvalue weighted by atomic mass is 9.77. The van der Waals surface area contributed by atoms with Crippen LogP contribution in [0, 0.1) is 6.92 Å². The molecule has 1 amide bonds. The van der Waals surface area contributed by atoms with Crippen LogP contribution >= 0.6 is 0 Å². The molecule has 0 aromatic heterocycles. The number of likely N-dealkylation sites (tertiary alicyclic amines) is 2. The Bertz CT molecular complexity index is 749. The monoisotopic (exact) mass is 398 g/mol. The van der Waals surface area contributed by atoms with E-state index in [1.165, 1.54) is 25.9 Å². The maximum Gasteiger partial charge on any atom is 0.494 e. The van der Waals surface area contributed by atoms with Gasteiger partial charge in [0.25, 0.3) is 5.91 Å². The number of rotatable bonds is 3. The van der Waals surface area contributed by atoms with Gasteiger partial charge in [0.2, 0.25) is 0 Å². The zero-order valence-electron chi connectivity index (χ0n) is 18.7. The van der Waals surface area contributed by atoms with E-state index in [1.54, 1.807) is 0 Å². The third kappa shape index (κ3) is 3.99. The quantitative estimate of drug-likeness (QED) is 0.735. The number of nitrogens with zero attached hydrogens (tertiary/aromatic N) is 2. The highest BCUT2D eigenvalue weighted by molar-refractivity contribution is 6.62. The molecule has 0 saturated carbocycles. The van der Waals surface area contributed by atoms with Crippen LogP contribution in [0.1, 0.15) is 69.3 Å². The number of benzene rings is 1. The van der Waals surface area contributed by atoms with Crippen molar-refractivity contribution in [3.8, 4) is 0 Å². The summed E-state index contributed by atoms with van der Waals surface area (Å²) >= 11 is 0. The molecule has 3 heterocycles. The molecule has 6 heteroatoms. The van der Waals surface area contributed by atoms with Crippen LogP contribution in [-0.4, -0.2) is 66.2 Å². The number of carbonyl (C=O) groups excluding carboxylic acids is 1. The van der Waals surface area contributed by atoms with Crippen molar-refractivity contribution in [2.24, 2.45) is 0 Å². The van der Waals surface area contributed by atoms with Crippen LogP contribution in [0.4, 0.5) is 0 Å². The van der Waals surface area contributed by atoms with Gasteiger partial charge in [0.05, 0.1) is 11.2 Å². The summed E-state index contributed by atoms with van der Waals surface area (Å²) in [5.74, 6) is 0.155. The lowest BCUT2D eigenvalue weighted by Crippen LogP contribution is -2.46. The van der Waals surface area contributed by atoms with Crippen molar-refractivity contribution >= 4 is 18.5 Å². The normalized spacial score (nSPS) is 25.0. The van der Waals surface area contributed by atoms with Crippen LogP contribution in [0.15, 0.2) is 18.2 Å². The first-order valence-electron chi connectivity index (χ1n) is 11.2. The van der Waals surface area contributed by atoms with Crippen LogP contribution in [0.3, 0.4) is 0 Å². The van der Waals surface area contributed by atoms with E-state index in [0.717, 1.165) is 42.5 Å². The zero-order valence-corrected chi connectivity index (χ0v) is 18.7. The van der Waals surface area contributed by atoms with E-state index in [9.17, 15) is 4.79 Å². The van der Waals surface area contributed by atoms with Crippen LogP contribution in [0.25, 0.3) is 0 Å². The van der Waals surface area contributed by atoms with Crippen molar-refractivity contribution in [3.05, 3.63) is 29.3 Å². The SMILES string of the molecule is Cc1cc(B2OC(C)(C)C(C)(C)O2)ccc1C(=O)N1CCC(N2CCCC2)CC1. The second-order valence-electron chi connectivity index (χ2n) is 9.93. The molecule has 0 N–H and O–H groups in total. The van der Waals surface area contributed by atoms with Crippen molar-refractivity contribution in [2.45, 2.75) is 77.5 Å². The van der Waals surface area contributed by atoms with Crippen molar-refractivity contribution in [2.75, 3.05) is 26.2 Å². The largest absolute Gasteiger partial charge is 0.494 e. The highest BCUT2D eigenvalue weighted by Gasteiger charge is 2.51. The van der Waals surface area contributed by atoms with Crippen molar-refractivity contribution in [1.82, 2.24) is 9.80 Å². The van der Waals surface area contributed by atoms with Crippen LogP contribution in [0.2, 0.25) is 0 Å². The first kappa shape index (κ1) is 20.9. The molecule has 0 spiro atoms. The highest BCUT2D eigenvalue weighted by Crippen LogP contribution is 2.36. The summed E-state index contributed by atoms with van der Waals surface area (Å²) in [5, 5.41) is 0. The van der Waals surface area contributed by atoms with Crippen LogP contribution in [-0.2, 0) is 9.31 Å². The fraction of sp³-hybridized carbons (Fsp3) is 0.696. The Morgan fingerprint density at radius 2 is 1.59 bits per heavy atom. The number of hydrogen-bond donors (Lipinski definition) is 0. The van der Waals surface area contributed by atoms with Gasteiger partial charge >= 0.3 is 7.12 Å². The second-order valence-corrected chi connectivity index (χ2v) is 9.93. The van der Waals surface area contributed by atoms with Crippen molar-refractivity contribution < 1.29 is 14.1 Å². The van der Waals surface area contributed by atoms with E-state index in [1.807, 2.05) is 30.0 Å². The van der Waals surface area contributed by atoms with Gasteiger partial charge in [-0.15, -0.1) is 0 Å². The Morgan fingerprint density at radius 1 is 1.00 bits per heavy atom. The summed E-state index contributed by atoms with van der Waals surface area (Å²) in [6.07, 6.45) is 4.84. The second kappa shape index (κ2) is 7.71. The molecule has 0 bridgehead atoms. The number of carbonyl (C=O) groups is 1. The molecule has 3 saturated heterocycles. The number of aryl methyl sites for hydroxylation is 1. The van der Waals surface area contributed by atoms with E-state index < -0.39 is 0 Å². The van der Waals surface area contributed by atoms with Crippen LogP contribution in [0.5, 0.6) is 0 Å². The molecule has 0 unspecified atom stereocenters. The summed E-state index contributed by atoms with van der Waals surface area (Å²) < 4.78 is 12.3. The molecule has 3 fully saturated rings. The standard InChI is InChI=1S/C23H35BN2O3/c1-17-16-18(24-28-22(2,3)23(4,5)29-24)8-9-20(17)21(27)26-14-10-19(11-15-26)25-12-6-7-13-25/h8-9,16,19H,6-7,10-15H2,1-5H3. The third-order valence-electron chi connectivity index (χ3n) is 7.42. The smallest absolute Gasteiger partial charge is 0.399 e. The minimum absolute atomic E-state index is 0.155. The number of amides is 1. The van der Waals surface area contributed by atoms with E-state index in [0.29, 0.717) is 6.04 Å². The first-order valence-corrected chi connectivity index (χ1v) is 11.2. The molecule has 4 rings (SSSR count). The van der Waals surface area contributed by atoms with Gasteiger partial charge < -0.3 is 19.1 Å². The van der Waals surface area contributed by atoms with Gasteiger partial charge in [0.15, 0.2) is 0 Å². The minimum Gasteiger partial charge on any atom is -0.399 e. The van der Waals surface area contributed by atoms with Gasteiger partial charge in [-0.3, -0.25) is 4.79 Å². The van der Waals surface area contributed by atoms with Gasteiger partial charge in [-0.05, 0) is 90.5 Å². The van der Waals surface area contributed by atoms with E-state index in [4.69, 9.17) is 9.31 Å². The van der Waals surface area contributed by atoms with E-state index >= 15 is 0 Å². The average molecular weight is 398 g/mol. The number of piperidine rings is 1. The van der Waals surface area contributed by atoms with Gasteiger partial charge in [-0.25, -0.2) is 0 Å². The Morgan fingerprint density at radius 3 is 2.14 bits per heavy atom. The van der Waals surface area contributed by atoms with Crippen molar-refractivity contribution in [1.29, 1.82) is 0 Å². The summed E-state index contributed by atoms with van der Waals surface area (Å²) in [4.78, 5) is 17.8. The summed E-state index contributed by atoms with van der Waals surface area (Å²) in [5.41, 5.74) is 2.04. The molecular weight excluding hydrogens is 363 g/mol. The summed E-state index contributed by atoms with van der Waals surface area (Å²) in [6.45, 7) is 14.4. The minimum atomic E-state index is -0.390. The maximum absolute atomic E-state index is 13.1. The predicted octanol–water partition coefficient (Wildman–Crippen LogP) is 2.99. The molecule has 0 radical (unpaired) electrons. The fourth-order valence-corrected chi connectivity index (χ4v) is 4.76. The summed E-state index contributed by atoms with van der Waals surface area (Å²) in [6, 6.07) is 6.64. The average Bonchev–Trinajstić information content (AvgIpc) is 3.28. The molecule has 158 valence electrons. The topological polar surface area (TPSA) is 42.0 Å². The predicted molar refractivity (Wildman–Crippen MR) is 117 cm³/mol. The molecule has 0 atom stereocenters. The molecule has 0 aliphatic carbocycles. The lowest BCUT2D eigenvalue weighted by Gasteiger charge is -2.36. The molecule has 29 heavy (non-hydrogen) atoms. The van der Waals surface area contributed by atoms with Gasteiger partial charge in [0.1, 0.15) is 0 Å². The maximum atomic E-state index is 13.1. The Labute approximate surface area is 175 Å². The Balaban J connectivity index is 1.41. The Hall–Kier alpha value is -1.37. The molecule has 1 aromatic carbocycles. The third-order valence-corrected chi connectivity index (χ3v) is 7.42. The van der Waals surface area contributed by atoms with E-state index in [2.05, 4.69) is 32.6 Å². The lowest BCUT2D eigenvalue weighted by molar-refractivity contribution is 0.00578. The zero-order chi connectivity index (χ0) is 20.8.